The van der Waals surface area contributed by atoms with Crippen molar-refractivity contribution in [3.63, 3.8) is 0 Å². The standard InChI is InChI=1S/C12H19N3O/c1-8-11(9(2)16-15-8)7-10-5-3-4-6-12(13)14-10/h10H,3-7H2,1-2H3,(H2,13,14). The van der Waals surface area contributed by atoms with E-state index in [1.807, 2.05) is 13.8 Å². The molecule has 2 N–H and O–H groups in total. The number of amidine groups is 1. The molecular formula is C12H19N3O. The van der Waals surface area contributed by atoms with Gasteiger partial charge in [-0.2, -0.15) is 0 Å². The number of hydrogen-bond acceptors (Lipinski definition) is 3. The molecule has 0 aliphatic carbocycles. The van der Waals surface area contributed by atoms with Gasteiger partial charge in [0, 0.05) is 18.0 Å². The third-order valence-corrected chi connectivity index (χ3v) is 3.24. The van der Waals surface area contributed by atoms with Crippen LogP contribution in [0.5, 0.6) is 0 Å². The normalized spacial score (nSPS) is 21.6. The lowest BCUT2D eigenvalue weighted by atomic mass is 10.0. The van der Waals surface area contributed by atoms with Crippen molar-refractivity contribution < 1.29 is 4.52 Å². The number of aryl methyl sites for hydroxylation is 2. The van der Waals surface area contributed by atoms with Crippen molar-refractivity contribution in [1.82, 2.24) is 10.5 Å². The zero-order valence-electron chi connectivity index (χ0n) is 9.97. The second kappa shape index (κ2) is 4.68. The predicted molar refractivity (Wildman–Crippen MR) is 62.8 cm³/mol. The molecule has 4 heteroatoms. The summed E-state index contributed by atoms with van der Waals surface area (Å²) in [5, 5.41) is 15.0. The maximum Gasteiger partial charge on any atom is 0.137 e. The van der Waals surface area contributed by atoms with Gasteiger partial charge in [0.05, 0.1) is 11.5 Å². The lowest BCUT2D eigenvalue weighted by Gasteiger charge is -2.16. The lowest BCUT2D eigenvalue weighted by molar-refractivity contribution is 0.391. The van der Waals surface area contributed by atoms with Crippen LogP contribution >= 0.6 is 0 Å². The molecule has 2 rings (SSSR count). The molecule has 0 aromatic carbocycles. The highest BCUT2D eigenvalue weighted by Gasteiger charge is 2.18. The van der Waals surface area contributed by atoms with E-state index in [1.54, 1.807) is 0 Å². The summed E-state index contributed by atoms with van der Waals surface area (Å²) in [7, 11) is 0. The smallest absolute Gasteiger partial charge is 0.137 e. The number of hydrogen-bond donors (Lipinski definition) is 2. The van der Waals surface area contributed by atoms with Gasteiger partial charge in [-0.1, -0.05) is 11.6 Å². The van der Waals surface area contributed by atoms with Crippen LogP contribution in [-0.4, -0.2) is 17.0 Å². The molecule has 0 saturated carbocycles. The van der Waals surface area contributed by atoms with Crippen LogP contribution in [0, 0.1) is 19.3 Å². The van der Waals surface area contributed by atoms with Crippen LogP contribution in [-0.2, 0) is 6.42 Å². The van der Waals surface area contributed by atoms with Crippen LogP contribution in [0.4, 0.5) is 0 Å². The minimum absolute atomic E-state index is 0.367. The van der Waals surface area contributed by atoms with Gasteiger partial charge in [-0.05, 0) is 33.1 Å². The topological polar surface area (TPSA) is 61.9 Å². The minimum Gasteiger partial charge on any atom is -0.371 e. The van der Waals surface area contributed by atoms with E-state index in [1.165, 1.54) is 12.0 Å². The van der Waals surface area contributed by atoms with Crippen molar-refractivity contribution in [2.45, 2.75) is 52.0 Å². The second-order valence-electron chi connectivity index (χ2n) is 4.57. The predicted octanol–water partition coefficient (Wildman–Crippen LogP) is 2.34. The summed E-state index contributed by atoms with van der Waals surface area (Å²) in [6.45, 7) is 3.94. The van der Waals surface area contributed by atoms with Crippen LogP contribution in [0.2, 0.25) is 0 Å². The van der Waals surface area contributed by atoms with Crippen molar-refractivity contribution in [3.8, 4) is 0 Å². The molecule has 1 aromatic rings. The van der Waals surface area contributed by atoms with Crippen LogP contribution in [0.15, 0.2) is 4.52 Å². The first kappa shape index (κ1) is 11.2. The summed E-state index contributed by atoms with van der Waals surface area (Å²) >= 11 is 0. The van der Waals surface area contributed by atoms with E-state index in [-0.39, 0.29) is 0 Å². The largest absolute Gasteiger partial charge is 0.371 e. The Morgan fingerprint density at radius 2 is 2.25 bits per heavy atom. The van der Waals surface area contributed by atoms with Crippen LogP contribution in [0.3, 0.4) is 0 Å². The molecule has 16 heavy (non-hydrogen) atoms. The van der Waals surface area contributed by atoms with Crippen LogP contribution in [0.25, 0.3) is 0 Å². The van der Waals surface area contributed by atoms with Gasteiger partial charge in [0.25, 0.3) is 0 Å². The first-order chi connectivity index (χ1) is 7.66. The van der Waals surface area contributed by atoms with Gasteiger partial charge in [0.2, 0.25) is 0 Å². The fourth-order valence-electron chi connectivity index (χ4n) is 2.28. The molecule has 1 aromatic heterocycles. The van der Waals surface area contributed by atoms with Crippen molar-refractivity contribution in [1.29, 1.82) is 5.41 Å². The fraction of sp³-hybridized carbons (Fsp3) is 0.667. The quantitative estimate of drug-likeness (QED) is 0.805. The molecule has 88 valence electrons. The van der Waals surface area contributed by atoms with Crippen LogP contribution in [0.1, 0.15) is 42.7 Å². The molecule has 1 aliphatic heterocycles. The summed E-state index contributed by atoms with van der Waals surface area (Å²) < 4.78 is 5.16. The van der Waals surface area contributed by atoms with E-state index < -0.39 is 0 Å². The van der Waals surface area contributed by atoms with Gasteiger partial charge in [-0.25, -0.2) is 0 Å². The molecule has 0 bridgehead atoms. The van der Waals surface area contributed by atoms with Gasteiger partial charge in [0.1, 0.15) is 5.76 Å². The Hall–Kier alpha value is -1.32. The molecule has 0 amide bonds. The third-order valence-electron chi connectivity index (χ3n) is 3.24. The molecule has 0 spiro atoms. The zero-order chi connectivity index (χ0) is 11.5. The van der Waals surface area contributed by atoms with E-state index in [2.05, 4.69) is 10.5 Å². The highest BCUT2D eigenvalue weighted by atomic mass is 16.5. The van der Waals surface area contributed by atoms with Crippen molar-refractivity contribution in [2.24, 2.45) is 0 Å². The first-order valence-electron chi connectivity index (χ1n) is 5.92. The molecular weight excluding hydrogens is 202 g/mol. The maximum atomic E-state index is 7.75. The summed E-state index contributed by atoms with van der Waals surface area (Å²) in [6.07, 6.45) is 5.27. The Balaban J connectivity index is 2.06. The molecule has 0 radical (unpaired) electrons. The fourth-order valence-corrected chi connectivity index (χ4v) is 2.28. The summed E-state index contributed by atoms with van der Waals surface area (Å²) in [4.78, 5) is 0. The maximum absolute atomic E-state index is 7.75. The van der Waals surface area contributed by atoms with Gasteiger partial charge in [-0.15, -0.1) is 0 Å². The molecule has 4 nitrogen and oxygen atoms in total. The Bertz CT molecular complexity index is 364. The summed E-state index contributed by atoms with van der Waals surface area (Å²) in [5.41, 5.74) is 2.18. The number of nitrogens with zero attached hydrogens (tertiary/aromatic N) is 1. The Kier molecular flexibility index (Phi) is 3.27. The molecule has 1 fully saturated rings. The van der Waals surface area contributed by atoms with Crippen LogP contribution < -0.4 is 5.32 Å². The molecule has 2 heterocycles. The van der Waals surface area contributed by atoms with E-state index in [9.17, 15) is 0 Å². The SMILES string of the molecule is Cc1noc(C)c1CC1CCCCC(=N)N1. The number of nitrogens with one attached hydrogen (secondary N) is 2. The number of aromatic nitrogens is 1. The Morgan fingerprint density at radius 1 is 1.44 bits per heavy atom. The van der Waals surface area contributed by atoms with E-state index in [0.29, 0.717) is 11.9 Å². The number of rotatable bonds is 2. The van der Waals surface area contributed by atoms with Gasteiger partial charge in [0.15, 0.2) is 0 Å². The Morgan fingerprint density at radius 3 is 2.94 bits per heavy atom. The molecule has 1 atom stereocenters. The average Bonchev–Trinajstić information content (AvgIpc) is 2.47. The average molecular weight is 221 g/mol. The van der Waals surface area contributed by atoms with E-state index in [0.717, 1.165) is 37.1 Å². The lowest BCUT2D eigenvalue weighted by Crippen LogP contribution is -2.34. The minimum atomic E-state index is 0.367. The monoisotopic (exact) mass is 221 g/mol. The van der Waals surface area contributed by atoms with Gasteiger partial charge >= 0.3 is 0 Å². The van der Waals surface area contributed by atoms with Crippen molar-refractivity contribution in [2.75, 3.05) is 0 Å². The van der Waals surface area contributed by atoms with Crippen molar-refractivity contribution in [3.05, 3.63) is 17.0 Å². The highest BCUT2D eigenvalue weighted by molar-refractivity contribution is 5.79. The third kappa shape index (κ3) is 2.43. The molecule has 1 saturated heterocycles. The van der Waals surface area contributed by atoms with E-state index in [4.69, 9.17) is 9.93 Å². The van der Waals surface area contributed by atoms with Gasteiger partial charge < -0.3 is 9.84 Å². The zero-order valence-corrected chi connectivity index (χ0v) is 9.97. The molecule has 1 aliphatic rings. The van der Waals surface area contributed by atoms with Gasteiger partial charge in [-0.3, -0.25) is 5.41 Å². The highest BCUT2D eigenvalue weighted by Crippen LogP contribution is 2.18. The second-order valence-corrected chi connectivity index (χ2v) is 4.57. The first-order valence-corrected chi connectivity index (χ1v) is 5.92. The summed E-state index contributed by atoms with van der Waals surface area (Å²) in [6, 6.07) is 0.367. The molecule has 1 unspecified atom stereocenters. The summed E-state index contributed by atoms with van der Waals surface area (Å²) in [5.74, 6) is 1.59. The van der Waals surface area contributed by atoms with E-state index >= 15 is 0 Å². The van der Waals surface area contributed by atoms with Crippen molar-refractivity contribution >= 4 is 5.84 Å². The Labute approximate surface area is 95.9 Å².